The molecule has 0 saturated heterocycles. The molecule has 0 amide bonds. The maximum absolute atomic E-state index is 10.8. The quantitative estimate of drug-likeness (QED) is 0.474. The molecule has 0 spiro atoms. The Morgan fingerprint density at radius 1 is 1.50 bits per heavy atom. The van der Waals surface area contributed by atoms with Crippen molar-refractivity contribution in [3.8, 4) is 5.69 Å². The number of benzene rings is 1. The molecule has 2 aromatic rings. The van der Waals surface area contributed by atoms with Crippen LogP contribution in [0.1, 0.15) is 0 Å². The Labute approximate surface area is 109 Å². The first kappa shape index (κ1) is 11.3. The topological polar surface area (TPSA) is 73.8 Å². The van der Waals surface area contributed by atoms with Gasteiger partial charge in [-0.25, -0.2) is 4.68 Å². The van der Waals surface area contributed by atoms with E-state index in [9.17, 15) is 10.1 Å². The number of nitrogens with zero attached hydrogens (tertiary/aromatic N) is 4. The highest BCUT2D eigenvalue weighted by molar-refractivity contribution is 14.1. The van der Waals surface area contributed by atoms with Gasteiger partial charge < -0.3 is 0 Å². The molecule has 0 fully saturated rings. The molecular weight excluding hydrogens is 346 g/mol. The molecular formula is C8H4ClIN4O2. The molecule has 0 radical (unpaired) electrons. The molecule has 1 aromatic carbocycles. The third-order valence-electron chi connectivity index (χ3n) is 1.85. The molecule has 0 bridgehead atoms. The van der Waals surface area contributed by atoms with Crippen molar-refractivity contribution in [1.29, 1.82) is 0 Å². The Morgan fingerprint density at radius 2 is 2.25 bits per heavy atom. The monoisotopic (exact) mass is 350 g/mol. The van der Waals surface area contributed by atoms with Crippen LogP contribution >= 0.6 is 34.2 Å². The van der Waals surface area contributed by atoms with E-state index in [4.69, 9.17) is 11.6 Å². The summed E-state index contributed by atoms with van der Waals surface area (Å²) in [6, 6.07) is 4.38. The second-order valence-corrected chi connectivity index (χ2v) is 4.42. The molecule has 2 rings (SSSR count). The zero-order valence-electron chi connectivity index (χ0n) is 7.67. The van der Waals surface area contributed by atoms with E-state index in [1.807, 2.05) is 22.6 Å². The zero-order valence-corrected chi connectivity index (χ0v) is 10.6. The van der Waals surface area contributed by atoms with Crippen LogP contribution in [0.25, 0.3) is 5.69 Å². The van der Waals surface area contributed by atoms with E-state index in [0.29, 0.717) is 14.4 Å². The molecule has 0 atom stereocenters. The third-order valence-corrected chi connectivity index (χ3v) is 2.58. The van der Waals surface area contributed by atoms with Gasteiger partial charge >= 0.3 is 0 Å². The summed E-state index contributed by atoms with van der Waals surface area (Å²) in [4.78, 5) is 10.3. The van der Waals surface area contributed by atoms with Crippen molar-refractivity contribution in [1.82, 2.24) is 15.0 Å². The average molecular weight is 351 g/mol. The average Bonchev–Trinajstić information content (AvgIpc) is 2.64. The smallest absolute Gasteiger partial charge is 0.258 e. The van der Waals surface area contributed by atoms with Crippen molar-refractivity contribution < 1.29 is 4.92 Å². The van der Waals surface area contributed by atoms with Crippen LogP contribution in [-0.4, -0.2) is 19.9 Å². The molecule has 0 unspecified atom stereocenters. The molecule has 82 valence electrons. The van der Waals surface area contributed by atoms with Gasteiger partial charge in [-0.15, -0.1) is 5.10 Å². The van der Waals surface area contributed by atoms with E-state index < -0.39 is 4.92 Å². The number of nitro benzene ring substituents is 1. The van der Waals surface area contributed by atoms with Crippen LogP contribution in [0.4, 0.5) is 5.69 Å². The van der Waals surface area contributed by atoms with Gasteiger partial charge in [0.2, 0.25) is 0 Å². The fraction of sp³-hybridized carbons (Fsp3) is 0. The summed E-state index contributed by atoms with van der Waals surface area (Å²) in [5.41, 5.74) is 0.235. The van der Waals surface area contributed by atoms with Gasteiger partial charge in [0.25, 0.3) is 5.69 Å². The molecule has 0 N–H and O–H groups in total. The van der Waals surface area contributed by atoms with Gasteiger partial charge in [0.1, 0.15) is 9.39 Å². The minimum absolute atomic E-state index is 0.103. The van der Waals surface area contributed by atoms with E-state index in [1.165, 1.54) is 16.8 Å². The molecule has 8 heteroatoms. The molecule has 1 heterocycles. The summed E-state index contributed by atoms with van der Waals surface area (Å²) in [5, 5.41) is 18.7. The Kier molecular flexibility index (Phi) is 3.06. The minimum Gasteiger partial charge on any atom is -0.258 e. The lowest BCUT2D eigenvalue weighted by Crippen LogP contribution is -2.00. The van der Waals surface area contributed by atoms with Crippen molar-refractivity contribution in [2.24, 2.45) is 0 Å². The van der Waals surface area contributed by atoms with Crippen molar-refractivity contribution in [2.75, 3.05) is 0 Å². The summed E-state index contributed by atoms with van der Waals surface area (Å²) in [7, 11) is 0. The predicted octanol–water partition coefficient (Wildman–Crippen LogP) is 2.43. The Balaban J connectivity index is 2.60. The van der Waals surface area contributed by atoms with Gasteiger partial charge in [-0.3, -0.25) is 10.1 Å². The Bertz CT molecular complexity index is 557. The molecule has 1 aromatic heterocycles. The van der Waals surface area contributed by atoms with E-state index in [-0.39, 0.29) is 5.69 Å². The van der Waals surface area contributed by atoms with Crippen molar-refractivity contribution >= 4 is 39.9 Å². The van der Waals surface area contributed by atoms with Crippen LogP contribution in [0.15, 0.2) is 24.4 Å². The van der Waals surface area contributed by atoms with Crippen LogP contribution < -0.4 is 0 Å². The first-order valence-electron chi connectivity index (χ1n) is 4.10. The largest absolute Gasteiger partial charge is 0.296 e. The highest BCUT2D eigenvalue weighted by Crippen LogP contribution is 2.25. The van der Waals surface area contributed by atoms with Crippen LogP contribution in [0.3, 0.4) is 0 Å². The summed E-state index contributed by atoms with van der Waals surface area (Å²) in [6.07, 6.45) is 1.59. The fourth-order valence-corrected chi connectivity index (χ4v) is 1.72. The SMILES string of the molecule is O=[N+]([O-])c1cc(Cl)ccc1-n1cc(I)nn1. The number of hydrogen-bond acceptors (Lipinski definition) is 4. The normalized spacial score (nSPS) is 10.4. The standard InChI is InChI=1S/C8H4ClIN4O2/c9-5-1-2-6(7(3-5)14(15)16)13-4-8(10)11-12-13/h1-4H. The van der Waals surface area contributed by atoms with Gasteiger partial charge in [-0.2, -0.15) is 0 Å². The molecule has 0 aliphatic rings. The number of aromatic nitrogens is 3. The summed E-state index contributed by atoms with van der Waals surface area (Å²) in [5.74, 6) is 0. The van der Waals surface area contributed by atoms with Crippen molar-refractivity contribution in [3.63, 3.8) is 0 Å². The molecule has 0 saturated carbocycles. The molecule has 16 heavy (non-hydrogen) atoms. The first-order valence-corrected chi connectivity index (χ1v) is 5.56. The second-order valence-electron chi connectivity index (χ2n) is 2.88. The second kappa shape index (κ2) is 4.34. The Hall–Kier alpha value is -1.22. The summed E-state index contributed by atoms with van der Waals surface area (Å²) >= 11 is 7.68. The van der Waals surface area contributed by atoms with Crippen LogP contribution in [0.5, 0.6) is 0 Å². The number of hydrogen-bond donors (Lipinski definition) is 0. The van der Waals surface area contributed by atoms with Gasteiger partial charge in [0.05, 0.1) is 11.1 Å². The molecule has 6 nitrogen and oxygen atoms in total. The van der Waals surface area contributed by atoms with Crippen LogP contribution in [0, 0.1) is 13.8 Å². The highest BCUT2D eigenvalue weighted by atomic mass is 127. The Morgan fingerprint density at radius 3 is 2.81 bits per heavy atom. The van der Waals surface area contributed by atoms with E-state index >= 15 is 0 Å². The lowest BCUT2D eigenvalue weighted by molar-refractivity contribution is -0.384. The van der Waals surface area contributed by atoms with Crippen molar-refractivity contribution in [3.05, 3.63) is 43.2 Å². The van der Waals surface area contributed by atoms with Crippen LogP contribution in [0.2, 0.25) is 5.02 Å². The number of rotatable bonds is 2. The fourth-order valence-electron chi connectivity index (χ4n) is 1.20. The van der Waals surface area contributed by atoms with Crippen LogP contribution in [-0.2, 0) is 0 Å². The lowest BCUT2D eigenvalue weighted by atomic mass is 10.3. The van der Waals surface area contributed by atoms with Gasteiger partial charge in [-0.05, 0) is 34.7 Å². The van der Waals surface area contributed by atoms with Gasteiger partial charge in [0, 0.05) is 11.1 Å². The van der Waals surface area contributed by atoms with Crippen molar-refractivity contribution in [2.45, 2.75) is 0 Å². The van der Waals surface area contributed by atoms with E-state index in [2.05, 4.69) is 10.3 Å². The first-order chi connectivity index (χ1) is 7.58. The van der Waals surface area contributed by atoms with E-state index in [0.717, 1.165) is 0 Å². The van der Waals surface area contributed by atoms with E-state index in [1.54, 1.807) is 12.3 Å². The highest BCUT2D eigenvalue weighted by Gasteiger charge is 2.16. The zero-order chi connectivity index (χ0) is 11.7. The summed E-state index contributed by atoms with van der Waals surface area (Å²) in [6.45, 7) is 0. The lowest BCUT2D eigenvalue weighted by Gasteiger charge is -2.01. The summed E-state index contributed by atoms with van der Waals surface area (Å²) < 4.78 is 2.00. The van der Waals surface area contributed by atoms with Gasteiger partial charge in [0.15, 0.2) is 0 Å². The minimum atomic E-state index is -0.504. The maximum Gasteiger partial charge on any atom is 0.296 e. The molecule has 0 aliphatic carbocycles. The predicted molar refractivity (Wildman–Crippen MR) is 65.7 cm³/mol. The number of halogens is 2. The maximum atomic E-state index is 10.8. The molecule has 0 aliphatic heterocycles. The van der Waals surface area contributed by atoms with Gasteiger partial charge in [-0.1, -0.05) is 16.8 Å². The third kappa shape index (κ3) is 2.14. The number of nitro groups is 1.